The minimum atomic E-state index is -3.38. The lowest BCUT2D eigenvalue weighted by Crippen LogP contribution is -2.29. The van der Waals surface area contributed by atoms with E-state index >= 15 is 0 Å². The Kier molecular flexibility index (Phi) is 4.00. The van der Waals surface area contributed by atoms with Crippen molar-refractivity contribution in [2.75, 3.05) is 13.1 Å². The summed E-state index contributed by atoms with van der Waals surface area (Å²) in [5, 5.41) is 1.79. The van der Waals surface area contributed by atoms with Gasteiger partial charge >= 0.3 is 0 Å². The summed E-state index contributed by atoms with van der Waals surface area (Å²) >= 11 is 0. The third-order valence-corrected chi connectivity index (χ3v) is 6.24. The molecule has 0 aliphatic carbocycles. The minimum absolute atomic E-state index is 0.442. The molecule has 0 saturated carbocycles. The van der Waals surface area contributed by atoms with Gasteiger partial charge in [0.15, 0.2) is 0 Å². The van der Waals surface area contributed by atoms with E-state index in [2.05, 4.69) is 6.92 Å². The van der Waals surface area contributed by atoms with Gasteiger partial charge in [-0.3, -0.25) is 0 Å². The van der Waals surface area contributed by atoms with Crippen molar-refractivity contribution in [1.82, 2.24) is 4.31 Å². The second-order valence-electron chi connectivity index (χ2n) is 5.78. The van der Waals surface area contributed by atoms with Crippen LogP contribution in [0.2, 0.25) is 0 Å². The maximum Gasteiger partial charge on any atom is 0.243 e. The van der Waals surface area contributed by atoms with Gasteiger partial charge in [0.05, 0.1) is 4.90 Å². The van der Waals surface area contributed by atoms with Crippen LogP contribution >= 0.6 is 0 Å². The van der Waals surface area contributed by atoms with Gasteiger partial charge < -0.3 is 0 Å². The lowest BCUT2D eigenvalue weighted by atomic mass is 10.0. The lowest BCUT2D eigenvalue weighted by molar-refractivity contribution is 0.445. The molecule has 3 nitrogen and oxygen atoms in total. The van der Waals surface area contributed by atoms with E-state index in [1.807, 2.05) is 36.4 Å². The quantitative estimate of drug-likeness (QED) is 0.864. The number of benzene rings is 2. The maximum atomic E-state index is 12.9. The van der Waals surface area contributed by atoms with Gasteiger partial charge in [0.25, 0.3) is 0 Å². The number of hydrogen-bond donors (Lipinski definition) is 0. The molecule has 1 fully saturated rings. The first-order chi connectivity index (χ1) is 10.1. The van der Waals surface area contributed by atoms with Crippen molar-refractivity contribution in [1.29, 1.82) is 0 Å². The standard InChI is InChI=1S/C17H21NO2S/c1-2-6-14-11-12-18(13-14)21(19,20)17-10-5-8-15-7-3-4-9-16(15)17/h3-5,7-10,14H,2,6,11-13H2,1H3/t14-/m1/s1. The average Bonchev–Trinajstić information content (AvgIpc) is 2.96. The van der Waals surface area contributed by atoms with Crippen molar-refractivity contribution in [2.24, 2.45) is 5.92 Å². The van der Waals surface area contributed by atoms with E-state index in [1.165, 1.54) is 0 Å². The van der Waals surface area contributed by atoms with Crippen LogP contribution in [0.5, 0.6) is 0 Å². The minimum Gasteiger partial charge on any atom is -0.207 e. The van der Waals surface area contributed by atoms with Crippen molar-refractivity contribution in [3.05, 3.63) is 42.5 Å². The monoisotopic (exact) mass is 303 g/mol. The first kappa shape index (κ1) is 14.5. The van der Waals surface area contributed by atoms with Crippen LogP contribution in [-0.2, 0) is 10.0 Å². The van der Waals surface area contributed by atoms with E-state index in [9.17, 15) is 8.42 Å². The lowest BCUT2D eigenvalue weighted by Gasteiger charge is -2.18. The fraction of sp³-hybridized carbons (Fsp3) is 0.412. The summed E-state index contributed by atoms with van der Waals surface area (Å²) in [5.41, 5.74) is 0. The van der Waals surface area contributed by atoms with Crippen LogP contribution in [-0.4, -0.2) is 25.8 Å². The van der Waals surface area contributed by atoms with Gasteiger partial charge in [-0.1, -0.05) is 49.7 Å². The zero-order valence-electron chi connectivity index (χ0n) is 12.3. The van der Waals surface area contributed by atoms with Crippen molar-refractivity contribution < 1.29 is 8.42 Å². The number of rotatable bonds is 4. The first-order valence-electron chi connectivity index (χ1n) is 7.61. The molecule has 0 bridgehead atoms. The molecule has 0 radical (unpaired) electrons. The smallest absolute Gasteiger partial charge is 0.207 e. The largest absolute Gasteiger partial charge is 0.243 e. The Balaban J connectivity index is 1.98. The Morgan fingerprint density at radius 3 is 2.71 bits per heavy atom. The van der Waals surface area contributed by atoms with E-state index < -0.39 is 10.0 Å². The van der Waals surface area contributed by atoms with Crippen LogP contribution < -0.4 is 0 Å². The highest BCUT2D eigenvalue weighted by molar-refractivity contribution is 7.89. The molecule has 1 saturated heterocycles. The van der Waals surface area contributed by atoms with E-state index in [0.29, 0.717) is 23.9 Å². The Labute approximate surface area is 126 Å². The molecule has 0 amide bonds. The Bertz CT molecular complexity index is 734. The molecule has 1 heterocycles. The van der Waals surface area contributed by atoms with Crippen molar-refractivity contribution in [3.63, 3.8) is 0 Å². The van der Waals surface area contributed by atoms with Crippen LogP contribution in [0.3, 0.4) is 0 Å². The summed E-state index contributed by atoms with van der Waals surface area (Å²) in [4.78, 5) is 0.442. The number of sulfonamides is 1. The van der Waals surface area contributed by atoms with Crippen LogP contribution in [0.4, 0.5) is 0 Å². The summed E-state index contributed by atoms with van der Waals surface area (Å²) in [5.74, 6) is 0.514. The molecule has 0 aromatic heterocycles. The zero-order chi connectivity index (χ0) is 14.9. The third-order valence-electron chi connectivity index (χ3n) is 4.31. The van der Waals surface area contributed by atoms with Crippen molar-refractivity contribution in [2.45, 2.75) is 31.1 Å². The molecule has 0 unspecified atom stereocenters. The van der Waals surface area contributed by atoms with Gasteiger partial charge in [0, 0.05) is 18.5 Å². The number of fused-ring (bicyclic) bond motifs is 1. The normalized spacial score (nSPS) is 20.1. The first-order valence-corrected chi connectivity index (χ1v) is 9.05. The van der Waals surface area contributed by atoms with Gasteiger partial charge in [0.1, 0.15) is 0 Å². The highest BCUT2D eigenvalue weighted by Crippen LogP contribution is 2.30. The Hall–Kier alpha value is -1.39. The molecule has 2 aromatic carbocycles. The molecule has 0 spiro atoms. The summed E-state index contributed by atoms with van der Waals surface area (Å²) in [7, 11) is -3.38. The van der Waals surface area contributed by atoms with Gasteiger partial charge in [0.2, 0.25) is 10.0 Å². The van der Waals surface area contributed by atoms with E-state index in [1.54, 1.807) is 10.4 Å². The molecular formula is C17H21NO2S. The predicted molar refractivity (Wildman–Crippen MR) is 85.7 cm³/mol. The molecule has 21 heavy (non-hydrogen) atoms. The molecule has 3 rings (SSSR count). The van der Waals surface area contributed by atoms with Crippen LogP contribution in [0, 0.1) is 5.92 Å². The molecule has 4 heteroatoms. The Morgan fingerprint density at radius 2 is 1.90 bits per heavy atom. The summed E-state index contributed by atoms with van der Waals surface area (Å²) < 4.78 is 27.5. The average molecular weight is 303 g/mol. The Morgan fingerprint density at radius 1 is 1.14 bits per heavy atom. The van der Waals surface area contributed by atoms with E-state index in [-0.39, 0.29) is 0 Å². The molecule has 0 N–H and O–H groups in total. The fourth-order valence-electron chi connectivity index (χ4n) is 3.22. The molecule has 1 aliphatic heterocycles. The fourth-order valence-corrected chi connectivity index (χ4v) is 4.96. The third kappa shape index (κ3) is 2.70. The van der Waals surface area contributed by atoms with Gasteiger partial charge in [-0.15, -0.1) is 0 Å². The van der Waals surface area contributed by atoms with Gasteiger partial charge in [-0.25, -0.2) is 8.42 Å². The number of nitrogens with zero attached hydrogens (tertiary/aromatic N) is 1. The second-order valence-corrected chi connectivity index (χ2v) is 7.69. The molecular weight excluding hydrogens is 282 g/mol. The van der Waals surface area contributed by atoms with Crippen LogP contribution in [0.1, 0.15) is 26.2 Å². The SMILES string of the molecule is CCC[C@@H]1CCN(S(=O)(=O)c2cccc3ccccc23)C1. The van der Waals surface area contributed by atoms with Gasteiger partial charge in [-0.05, 0) is 30.2 Å². The molecule has 2 aromatic rings. The van der Waals surface area contributed by atoms with Crippen molar-refractivity contribution >= 4 is 20.8 Å². The highest BCUT2D eigenvalue weighted by Gasteiger charge is 2.32. The van der Waals surface area contributed by atoms with Crippen LogP contribution in [0.15, 0.2) is 47.4 Å². The maximum absolute atomic E-state index is 12.9. The number of hydrogen-bond acceptors (Lipinski definition) is 2. The summed E-state index contributed by atoms with van der Waals surface area (Å²) in [6.07, 6.45) is 3.21. The summed E-state index contributed by atoms with van der Waals surface area (Å²) in [6.45, 7) is 3.47. The molecule has 1 atom stereocenters. The molecule has 1 aliphatic rings. The van der Waals surface area contributed by atoms with E-state index in [0.717, 1.165) is 30.0 Å². The summed E-state index contributed by atoms with van der Waals surface area (Å²) in [6, 6.07) is 13.2. The van der Waals surface area contributed by atoms with Gasteiger partial charge in [-0.2, -0.15) is 4.31 Å². The van der Waals surface area contributed by atoms with Crippen molar-refractivity contribution in [3.8, 4) is 0 Å². The second kappa shape index (κ2) is 5.78. The topological polar surface area (TPSA) is 37.4 Å². The predicted octanol–water partition coefficient (Wildman–Crippen LogP) is 3.65. The van der Waals surface area contributed by atoms with E-state index in [4.69, 9.17) is 0 Å². The van der Waals surface area contributed by atoms with Crippen LogP contribution in [0.25, 0.3) is 10.8 Å². The zero-order valence-corrected chi connectivity index (χ0v) is 13.1. The highest BCUT2D eigenvalue weighted by atomic mass is 32.2. The molecule has 112 valence electrons.